The molecule has 0 heterocycles. The summed E-state index contributed by atoms with van der Waals surface area (Å²) < 4.78 is 10.5. The van der Waals surface area contributed by atoms with Crippen LogP contribution in [0.25, 0.3) is 0 Å². The second kappa shape index (κ2) is 8.93. The number of aliphatic carboxylic acids is 1. The molecule has 0 saturated carbocycles. The summed E-state index contributed by atoms with van der Waals surface area (Å²) in [7, 11) is 0. The predicted molar refractivity (Wildman–Crippen MR) is 115 cm³/mol. The van der Waals surface area contributed by atoms with Gasteiger partial charge in [0.1, 0.15) is 17.2 Å². The number of carboxylic acids is 1. The van der Waals surface area contributed by atoms with Crippen molar-refractivity contribution >= 4 is 23.8 Å². The molecular weight excluding hydrogens is 388 g/mol. The van der Waals surface area contributed by atoms with Gasteiger partial charge < -0.3 is 19.9 Å². The van der Waals surface area contributed by atoms with Crippen LogP contribution in [0.15, 0.2) is 18.2 Å². The first-order valence-corrected chi connectivity index (χ1v) is 9.76. The maximum Gasteiger partial charge on any atom is 0.412 e. The number of anilines is 1. The van der Waals surface area contributed by atoms with E-state index in [9.17, 15) is 19.5 Å². The van der Waals surface area contributed by atoms with Crippen molar-refractivity contribution in [2.75, 3.05) is 5.32 Å². The SMILES string of the molecule is Cc1ccc(NC(=O)OC(C)(C)C)cc1C(C)(C)C(NC(=O)OC(C)(C)C)C(=O)O. The highest BCUT2D eigenvalue weighted by Gasteiger charge is 2.40. The minimum absolute atomic E-state index is 0.458. The average molecular weight is 423 g/mol. The Morgan fingerprint density at radius 1 is 0.900 bits per heavy atom. The van der Waals surface area contributed by atoms with Crippen LogP contribution in [0, 0.1) is 6.92 Å². The molecule has 1 rings (SSSR count). The molecule has 0 aliphatic heterocycles. The molecule has 0 aromatic heterocycles. The van der Waals surface area contributed by atoms with E-state index in [0.29, 0.717) is 11.3 Å². The van der Waals surface area contributed by atoms with E-state index < -0.39 is 40.8 Å². The minimum atomic E-state index is -1.26. The van der Waals surface area contributed by atoms with E-state index in [1.54, 1.807) is 73.6 Å². The zero-order valence-corrected chi connectivity index (χ0v) is 19.3. The highest BCUT2D eigenvalue weighted by atomic mass is 16.6. The van der Waals surface area contributed by atoms with Crippen molar-refractivity contribution in [2.45, 2.75) is 85.0 Å². The molecule has 0 fully saturated rings. The van der Waals surface area contributed by atoms with Gasteiger partial charge in [-0.15, -0.1) is 0 Å². The second-order valence-electron chi connectivity index (χ2n) is 9.80. The van der Waals surface area contributed by atoms with Gasteiger partial charge in [-0.05, 0) is 71.7 Å². The van der Waals surface area contributed by atoms with Crippen molar-refractivity contribution in [3.8, 4) is 0 Å². The molecule has 0 spiro atoms. The van der Waals surface area contributed by atoms with Crippen LogP contribution in [-0.4, -0.2) is 40.5 Å². The van der Waals surface area contributed by atoms with Crippen LogP contribution < -0.4 is 10.6 Å². The molecule has 1 aromatic carbocycles. The molecule has 0 aliphatic rings. The number of ether oxygens (including phenoxy) is 2. The fourth-order valence-corrected chi connectivity index (χ4v) is 2.95. The Kier molecular flexibility index (Phi) is 7.52. The highest BCUT2D eigenvalue weighted by molar-refractivity contribution is 5.86. The molecule has 8 nitrogen and oxygen atoms in total. The van der Waals surface area contributed by atoms with Gasteiger partial charge in [0.2, 0.25) is 0 Å². The number of alkyl carbamates (subject to hydrolysis) is 1. The molecule has 0 aliphatic carbocycles. The quantitative estimate of drug-likeness (QED) is 0.639. The number of nitrogens with one attached hydrogen (secondary N) is 2. The smallest absolute Gasteiger partial charge is 0.412 e. The van der Waals surface area contributed by atoms with E-state index in [2.05, 4.69) is 10.6 Å². The number of rotatable bonds is 5. The van der Waals surface area contributed by atoms with Crippen molar-refractivity contribution < 1.29 is 29.0 Å². The number of hydrogen-bond acceptors (Lipinski definition) is 5. The Hall–Kier alpha value is -2.77. The Labute approximate surface area is 178 Å². The van der Waals surface area contributed by atoms with E-state index in [4.69, 9.17) is 9.47 Å². The number of carbonyl (C=O) groups excluding carboxylic acids is 2. The summed E-state index contributed by atoms with van der Waals surface area (Å²) >= 11 is 0. The first-order valence-electron chi connectivity index (χ1n) is 9.76. The summed E-state index contributed by atoms with van der Waals surface area (Å²) in [5.74, 6) is -1.20. The number of benzene rings is 1. The Morgan fingerprint density at radius 2 is 1.40 bits per heavy atom. The van der Waals surface area contributed by atoms with Gasteiger partial charge in [-0.2, -0.15) is 0 Å². The highest BCUT2D eigenvalue weighted by Crippen LogP contribution is 2.32. The zero-order chi connectivity index (χ0) is 23.5. The molecule has 168 valence electrons. The van der Waals surface area contributed by atoms with Gasteiger partial charge in [0, 0.05) is 11.1 Å². The first-order chi connectivity index (χ1) is 13.4. The van der Waals surface area contributed by atoms with E-state index >= 15 is 0 Å². The van der Waals surface area contributed by atoms with Gasteiger partial charge in [-0.25, -0.2) is 14.4 Å². The van der Waals surface area contributed by atoms with Crippen molar-refractivity contribution in [1.29, 1.82) is 0 Å². The van der Waals surface area contributed by atoms with E-state index in [0.717, 1.165) is 5.56 Å². The number of carbonyl (C=O) groups is 3. The lowest BCUT2D eigenvalue weighted by molar-refractivity contribution is -0.141. The van der Waals surface area contributed by atoms with Crippen molar-refractivity contribution in [3.63, 3.8) is 0 Å². The number of carboxylic acid groups (broad SMARTS) is 1. The fraction of sp³-hybridized carbons (Fsp3) is 0.591. The van der Waals surface area contributed by atoms with Crippen LogP contribution in [0.5, 0.6) is 0 Å². The molecule has 1 unspecified atom stereocenters. The Morgan fingerprint density at radius 3 is 1.87 bits per heavy atom. The van der Waals surface area contributed by atoms with Gasteiger partial charge in [-0.3, -0.25) is 5.32 Å². The molecule has 1 aromatic rings. The van der Waals surface area contributed by atoms with Crippen LogP contribution in [0.1, 0.15) is 66.5 Å². The van der Waals surface area contributed by atoms with E-state index in [-0.39, 0.29) is 0 Å². The molecule has 0 radical (unpaired) electrons. The van der Waals surface area contributed by atoms with Gasteiger partial charge in [0.05, 0.1) is 0 Å². The Balaban J connectivity index is 3.20. The normalized spacial score (nSPS) is 13.2. The van der Waals surface area contributed by atoms with Gasteiger partial charge in [-0.1, -0.05) is 19.9 Å². The van der Waals surface area contributed by atoms with Gasteiger partial charge in [0.25, 0.3) is 0 Å². The second-order valence-corrected chi connectivity index (χ2v) is 9.80. The van der Waals surface area contributed by atoms with Crippen LogP contribution in [0.4, 0.5) is 15.3 Å². The molecule has 0 bridgehead atoms. The molecule has 30 heavy (non-hydrogen) atoms. The number of aryl methyl sites for hydroxylation is 1. The lowest BCUT2D eigenvalue weighted by Gasteiger charge is -2.34. The maximum absolute atomic E-state index is 12.2. The molecule has 0 saturated heterocycles. The topological polar surface area (TPSA) is 114 Å². The molecule has 3 N–H and O–H groups in total. The zero-order valence-electron chi connectivity index (χ0n) is 19.3. The van der Waals surface area contributed by atoms with Gasteiger partial charge in [0.15, 0.2) is 0 Å². The lowest BCUT2D eigenvalue weighted by atomic mass is 9.75. The van der Waals surface area contributed by atoms with Gasteiger partial charge >= 0.3 is 18.2 Å². The average Bonchev–Trinajstić information content (AvgIpc) is 2.50. The molecular formula is C22H34N2O6. The third kappa shape index (κ3) is 7.57. The van der Waals surface area contributed by atoms with Crippen molar-refractivity contribution in [2.24, 2.45) is 0 Å². The van der Waals surface area contributed by atoms with Crippen LogP contribution >= 0.6 is 0 Å². The van der Waals surface area contributed by atoms with E-state index in [1.165, 1.54) is 0 Å². The number of hydrogen-bond donors (Lipinski definition) is 3. The standard InChI is InChI=1S/C22H34N2O6/c1-13-10-11-14(23-18(27)29-20(2,3)4)12-15(13)22(8,9)16(17(25)26)24-19(28)30-21(5,6)7/h10-12,16H,1-9H3,(H,23,27)(H,24,28)(H,25,26). The lowest BCUT2D eigenvalue weighted by Crippen LogP contribution is -2.53. The maximum atomic E-state index is 12.2. The Bertz CT molecular complexity index is 803. The summed E-state index contributed by atoms with van der Waals surface area (Å²) in [6.45, 7) is 15.6. The molecule has 8 heteroatoms. The third-order valence-electron chi connectivity index (χ3n) is 4.21. The summed E-state index contributed by atoms with van der Waals surface area (Å²) in [4.78, 5) is 36.3. The monoisotopic (exact) mass is 422 g/mol. The third-order valence-corrected chi connectivity index (χ3v) is 4.21. The van der Waals surface area contributed by atoms with Crippen molar-refractivity contribution in [1.82, 2.24) is 5.32 Å². The largest absolute Gasteiger partial charge is 0.480 e. The molecule has 1 atom stereocenters. The molecule has 2 amide bonds. The van der Waals surface area contributed by atoms with E-state index in [1.807, 2.05) is 6.92 Å². The van der Waals surface area contributed by atoms with Crippen LogP contribution in [-0.2, 0) is 19.7 Å². The predicted octanol–water partition coefficient (Wildman–Crippen LogP) is 4.60. The summed E-state index contributed by atoms with van der Waals surface area (Å²) in [6, 6.07) is 3.90. The number of amides is 2. The summed E-state index contributed by atoms with van der Waals surface area (Å²) in [5.41, 5.74) is -0.503. The van der Waals surface area contributed by atoms with Crippen molar-refractivity contribution in [3.05, 3.63) is 29.3 Å². The summed E-state index contributed by atoms with van der Waals surface area (Å²) in [5, 5.41) is 14.9. The summed E-state index contributed by atoms with van der Waals surface area (Å²) in [6.07, 6.45) is -1.43. The fourth-order valence-electron chi connectivity index (χ4n) is 2.95. The minimum Gasteiger partial charge on any atom is -0.480 e. The van der Waals surface area contributed by atoms with Crippen LogP contribution in [0.2, 0.25) is 0 Å². The first kappa shape index (κ1) is 25.3. The van der Waals surface area contributed by atoms with Crippen LogP contribution in [0.3, 0.4) is 0 Å².